The van der Waals surface area contributed by atoms with E-state index >= 15 is 0 Å². The van der Waals surface area contributed by atoms with Crippen molar-refractivity contribution in [3.05, 3.63) is 59.2 Å². The van der Waals surface area contributed by atoms with Crippen LogP contribution in [0.4, 0.5) is 0 Å². The lowest BCUT2D eigenvalue weighted by Crippen LogP contribution is -2.30. The van der Waals surface area contributed by atoms with E-state index < -0.39 is 10.0 Å². The summed E-state index contributed by atoms with van der Waals surface area (Å²) in [4.78, 5) is 13.0. The summed E-state index contributed by atoms with van der Waals surface area (Å²) in [6.45, 7) is 7.25. The van der Waals surface area contributed by atoms with Gasteiger partial charge >= 0.3 is 0 Å². The van der Waals surface area contributed by atoms with Gasteiger partial charge in [-0.1, -0.05) is 18.2 Å². The van der Waals surface area contributed by atoms with E-state index in [2.05, 4.69) is 5.32 Å². The molecule has 2 aromatic carbocycles. The fraction of sp³-hybridized carbons (Fsp3) is 0.409. The van der Waals surface area contributed by atoms with Crippen molar-refractivity contribution in [3.63, 3.8) is 0 Å². The molecular formula is C22H28N2O4S. The van der Waals surface area contributed by atoms with Crippen LogP contribution in [0, 0.1) is 6.92 Å². The summed E-state index contributed by atoms with van der Waals surface area (Å²) >= 11 is 0. The van der Waals surface area contributed by atoms with Crippen LogP contribution in [-0.4, -0.2) is 38.3 Å². The van der Waals surface area contributed by atoms with Crippen LogP contribution >= 0.6 is 0 Å². The lowest BCUT2D eigenvalue weighted by Gasteiger charge is -2.19. The Morgan fingerprint density at radius 1 is 1.14 bits per heavy atom. The summed E-state index contributed by atoms with van der Waals surface area (Å²) in [5.41, 5.74) is 1.93. The third-order valence-corrected chi connectivity index (χ3v) is 7.21. The van der Waals surface area contributed by atoms with Crippen molar-refractivity contribution in [1.82, 2.24) is 9.62 Å². The van der Waals surface area contributed by atoms with E-state index in [1.54, 1.807) is 19.1 Å². The summed E-state index contributed by atoms with van der Waals surface area (Å²) in [5, 5.41) is 2.94. The number of aryl methyl sites for hydroxylation is 1. The zero-order valence-corrected chi connectivity index (χ0v) is 18.0. The van der Waals surface area contributed by atoms with Crippen LogP contribution in [0.15, 0.2) is 47.4 Å². The first kappa shape index (κ1) is 21.3. The van der Waals surface area contributed by atoms with E-state index in [1.807, 2.05) is 38.1 Å². The average molecular weight is 417 g/mol. The molecule has 6 nitrogen and oxygen atoms in total. The second-order valence-electron chi connectivity index (χ2n) is 7.29. The summed E-state index contributed by atoms with van der Waals surface area (Å²) in [6.07, 6.45) is 1.75. The molecule has 1 aliphatic rings. The maximum absolute atomic E-state index is 12.9. The standard InChI is InChI=1S/C22H28N2O4S/c1-4-28-20-11-9-18(10-12-20)17(3)23-22(25)19-8-7-16(2)21(15-19)29(26,27)24-13-5-6-14-24/h7-12,15,17H,4-6,13-14H2,1-3H3,(H,23,25). The van der Waals surface area contributed by atoms with Crippen molar-refractivity contribution in [1.29, 1.82) is 0 Å². The molecule has 0 aliphatic carbocycles. The molecule has 1 aliphatic heterocycles. The van der Waals surface area contributed by atoms with Gasteiger partial charge in [-0.3, -0.25) is 4.79 Å². The SMILES string of the molecule is CCOc1ccc(C(C)NC(=O)c2ccc(C)c(S(=O)(=O)N3CCCC3)c2)cc1. The number of rotatable bonds is 7. The van der Waals surface area contributed by atoms with E-state index in [0.717, 1.165) is 24.2 Å². The van der Waals surface area contributed by atoms with E-state index in [4.69, 9.17) is 4.74 Å². The number of amides is 1. The number of carbonyl (C=O) groups is 1. The average Bonchev–Trinajstić information content (AvgIpc) is 3.24. The molecule has 0 aromatic heterocycles. The molecule has 0 saturated carbocycles. The summed E-state index contributed by atoms with van der Waals surface area (Å²) in [7, 11) is -3.58. The van der Waals surface area contributed by atoms with Crippen LogP contribution in [0.2, 0.25) is 0 Å². The Morgan fingerprint density at radius 2 is 1.79 bits per heavy atom. The van der Waals surface area contributed by atoms with Crippen molar-refractivity contribution in [3.8, 4) is 5.75 Å². The second-order valence-corrected chi connectivity index (χ2v) is 9.20. The van der Waals surface area contributed by atoms with Crippen LogP contribution in [0.1, 0.15) is 54.2 Å². The van der Waals surface area contributed by atoms with Gasteiger partial charge in [-0.25, -0.2) is 8.42 Å². The highest BCUT2D eigenvalue weighted by Crippen LogP contribution is 2.25. The van der Waals surface area contributed by atoms with Crippen molar-refractivity contribution in [2.75, 3.05) is 19.7 Å². The first-order valence-corrected chi connectivity index (χ1v) is 11.4. The molecular weight excluding hydrogens is 388 g/mol. The molecule has 156 valence electrons. The number of hydrogen-bond acceptors (Lipinski definition) is 4. The Hall–Kier alpha value is -2.38. The van der Waals surface area contributed by atoms with Gasteiger partial charge in [0, 0.05) is 18.7 Å². The number of sulfonamides is 1. The van der Waals surface area contributed by atoms with Gasteiger partial charge in [0.15, 0.2) is 0 Å². The third kappa shape index (κ3) is 4.79. The minimum Gasteiger partial charge on any atom is -0.494 e. The molecule has 0 radical (unpaired) electrons. The fourth-order valence-corrected chi connectivity index (χ4v) is 5.24. The van der Waals surface area contributed by atoms with Crippen molar-refractivity contribution in [2.45, 2.75) is 44.6 Å². The van der Waals surface area contributed by atoms with Gasteiger partial charge in [0.25, 0.3) is 5.91 Å². The molecule has 7 heteroatoms. The Bertz CT molecular complexity index is 965. The van der Waals surface area contributed by atoms with Gasteiger partial charge in [-0.15, -0.1) is 0 Å². The maximum atomic E-state index is 12.9. The highest BCUT2D eigenvalue weighted by Gasteiger charge is 2.29. The molecule has 1 amide bonds. The van der Waals surface area contributed by atoms with Crippen molar-refractivity contribution < 1.29 is 17.9 Å². The number of nitrogens with zero attached hydrogens (tertiary/aromatic N) is 1. The lowest BCUT2D eigenvalue weighted by atomic mass is 10.1. The zero-order chi connectivity index (χ0) is 21.0. The molecule has 0 bridgehead atoms. The highest BCUT2D eigenvalue weighted by atomic mass is 32.2. The van der Waals surface area contributed by atoms with Crippen LogP contribution in [-0.2, 0) is 10.0 Å². The van der Waals surface area contributed by atoms with Gasteiger partial charge in [0.05, 0.1) is 17.5 Å². The Morgan fingerprint density at radius 3 is 2.41 bits per heavy atom. The Kier molecular flexibility index (Phi) is 6.59. The molecule has 3 rings (SSSR count). The number of hydrogen-bond donors (Lipinski definition) is 1. The normalized spacial score (nSPS) is 15.8. The Balaban J connectivity index is 1.77. The van der Waals surface area contributed by atoms with Gasteiger partial charge in [-0.2, -0.15) is 4.31 Å². The van der Waals surface area contributed by atoms with E-state index in [9.17, 15) is 13.2 Å². The summed E-state index contributed by atoms with van der Waals surface area (Å²) in [5.74, 6) is 0.481. The van der Waals surface area contributed by atoms with Crippen LogP contribution in [0.25, 0.3) is 0 Å². The zero-order valence-electron chi connectivity index (χ0n) is 17.1. The summed E-state index contributed by atoms with van der Waals surface area (Å²) < 4.78 is 32.8. The number of benzene rings is 2. The summed E-state index contributed by atoms with van der Waals surface area (Å²) in [6, 6.07) is 12.2. The minimum absolute atomic E-state index is 0.209. The minimum atomic E-state index is -3.58. The number of ether oxygens (including phenoxy) is 1. The second kappa shape index (κ2) is 8.97. The van der Waals surface area contributed by atoms with Crippen molar-refractivity contribution in [2.24, 2.45) is 0 Å². The number of carbonyl (C=O) groups excluding carboxylic acids is 1. The van der Waals surface area contributed by atoms with E-state index in [-0.39, 0.29) is 16.8 Å². The molecule has 1 atom stereocenters. The topological polar surface area (TPSA) is 75.7 Å². The number of nitrogens with one attached hydrogen (secondary N) is 1. The monoisotopic (exact) mass is 416 g/mol. The van der Waals surface area contributed by atoms with Gasteiger partial charge in [0.1, 0.15) is 5.75 Å². The molecule has 2 aromatic rings. The smallest absolute Gasteiger partial charge is 0.251 e. The van der Waals surface area contributed by atoms with Gasteiger partial charge in [0.2, 0.25) is 10.0 Å². The maximum Gasteiger partial charge on any atom is 0.251 e. The van der Waals surface area contributed by atoms with Crippen LogP contribution in [0.3, 0.4) is 0 Å². The van der Waals surface area contributed by atoms with Gasteiger partial charge < -0.3 is 10.1 Å². The third-order valence-electron chi connectivity index (χ3n) is 5.17. The molecule has 1 N–H and O–H groups in total. The van der Waals surface area contributed by atoms with Crippen molar-refractivity contribution >= 4 is 15.9 Å². The molecule has 29 heavy (non-hydrogen) atoms. The molecule has 0 spiro atoms. The van der Waals surface area contributed by atoms with E-state index in [0.29, 0.717) is 30.8 Å². The fourth-order valence-electron chi connectivity index (χ4n) is 3.47. The van der Waals surface area contributed by atoms with Crippen LogP contribution < -0.4 is 10.1 Å². The van der Waals surface area contributed by atoms with Gasteiger partial charge in [-0.05, 0) is 69.0 Å². The Labute approximate surface area is 172 Å². The predicted molar refractivity (Wildman–Crippen MR) is 113 cm³/mol. The van der Waals surface area contributed by atoms with E-state index in [1.165, 1.54) is 10.4 Å². The largest absolute Gasteiger partial charge is 0.494 e. The predicted octanol–water partition coefficient (Wildman–Crippen LogP) is 3.67. The lowest BCUT2D eigenvalue weighted by molar-refractivity contribution is 0.0939. The molecule has 1 saturated heterocycles. The molecule has 1 fully saturated rings. The first-order valence-electron chi connectivity index (χ1n) is 9.97. The quantitative estimate of drug-likeness (QED) is 0.747. The van der Waals surface area contributed by atoms with Crippen LogP contribution in [0.5, 0.6) is 5.75 Å². The molecule has 1 heterocycles. The highest BCUT2D eigenvalue weighted by molar-refractivity contribution is 7.89. The molecule has 1 unspecified atom stereocenters. The first-order chi connectivity index (χ1) is 13.8.